The first-order valence-electron chi connectivity index (χ1n) is 14.0. The molecule has 0 nitrogen and oxygen atoms in total. The zero-order valence-corrected chi connectivity index (χ0v) is 30.1. The van der Waals surface area contributed by atoms with Crippen LogP contribution in [0.25, 0.3) is 21.5 Å². The number of rotatable bonds is 2. The predicted molar refractivity (Wildman–Crippen MR) is 178 cm³/mol. The fraction of sp³-hybridized carbons (Fsp3) is 0.351. The van der Waals surface area contributed by atoms with Crippen molar-refractivity contribution in [3.63, 3.8) is 0 Å². The van der Waals surface area contributed by atoms with Crippen LogP contribution in [-0.4, -0.2) is 3.26 Å². The Morgan fingerprint density at radius 1 is 0.775 bits per heavy atom. The summed E-state index contributed by atoms with van der Waals surface area (Å²) in [5.74, 6) is 0.944. The average molecular weight is 738 g/mol. The fourth-order valence-corrected chi connectivity index (χ4v) is 6.48. The number of hydrogen-bond donors (Lipinski definition) is 0. The molecule has 0 saturated heterocycles. The van der Waals surface area contributed by atoms with E-state index in [0.717, 1.165) is 12.3 Å². The summed E-state index contributed by atoms with van der Waals surface area (Å²) < 4.78 is 1.72. The predicted octanol–water partition coefficient (Wildman–Crippen LogP) is 11.0. The molecule has 0 amide bonds. The molecule has 6 rings (SSSR count). The van der Waals surface area contributed by atoms with Gasteiger partial charge >= 0.3 is 88.2 Å². The zero-order chi connectivity index (χ0) is 27.3. The minimum absolute atomic E-state index is 0. The van der Waals surface area contributed by atoms with Gasteiger partial charge < -0.3 is 0 Å². The van der Waals surface area contributed by atoms with Crippen molar-refractivity contribution in [2.75, 3.05) is 0 Å². The molecule has 2 aliphatic carbocycles. The molecule has 0 N–H and O–H groups in total. The van der Waals surface area contributed by atoms with Crippen LogP contribution in [0.5, 0.6) is 0 Å². The van der Waals surface area contributed by atoms with Gasteiger partial charge in [0.2, 0.25) is 0 Å². The van der Waals surface area contributed by atoms with Crippen LogP contribution in [0.4, 0.5) is 0 Å². The summed E-state index contributed by atoms with van der Waals surface area (Å²) >= 11 is 1.24. The van der Waals surface area contributed by atoms with Crippen molar-refractivity contribution in [2.45, 2.75) is 78.1 Å². The third kappa shape index (κ3) is 8.91. The molecule has 0 bridgehead atoms. The van der Waals surface area contributed by atoms with Gasteiger partial charge in [-0.25, -0.2) is 12.2 Å². The van der Waals surface area contributed by atoms with E-state index < -0.39 is 0 Å². The van der Waals surface area contributed by atoms with Crippen LogP contribution in [0.1, 0.15) is 83.9 Å². The first-order valence-corrected chi connectivity index (χ1v) is 15.8. The molecule has 40 heavy (non-hydrogen) atoms. The second kappa shape index (κ2) is 15.0. The number of halogens is 2. The molecule has 0 radical (unpaired) electrons. The monoisotopic (exact) mass is 738 g/mol. The minimum atomic E-state index is 0. The second-order valence-electron chi connectivity index (χ2n) is 12.7. The summed E-state index contributed by atoms with van der Waals surface area (Å²) in [5.41, 5.74) is 4.71. The van der Waals surface area contributed by atoms with Gasteiger partial charge in [0.25, 0.3) is 0 Å². The Balaban J connectivity index is 0.000000248. The number of fused-ring (bicyclic) bond motifs is 3. The van der Waals surface area contributed by atoms with Gasteiger partial charge in [0, 0.05) is 0 Å². The first-order chi connectivity index (χ1) is 18.0. The molecule has 1 saturated carbocycles. The van der Waals surface area contributed by atoms with E-state index in [4.69, 9.17) is 0 Å². The standard InChI is InChI=1S/C21H25.C11H12.C5H5.2ClH.Hf/c1-20(2,3)16-7-9-18-14(12-16)11-15-13-17(21(4,5)6)8-10-19(15)18;1-2-5-10(6-3-1)9-11-7-4-8-11;1-2-4-5-3-1;;;/h7-13H,1-6H3;1-3,5-6,11H,4,7-8H2;1-3H,4H2;2*1H;/q-1;;-1;;;+2. The Hall–Kier alpha value is -1.67. The Bertz CT molecular complexity index is 1360. The van der Waals surface area contributed by atoms with Crippen molar-refractivity contribution in [1.29, 1.82) is 0 Å². The van der Waals surface area contributed by atoms with E-state index in [1.165, 1.54) is 81.4 Å². The molecular weight excluding hydrogens is 694 g/mol. The van der Waals surface area contributed by atoms with Crippen LogP contribution in [-0.2, 0) is 34.7 Å². The van der Waals surface area contributed by atoms with E-state index in [9.17, 15) is 0 Å². The molecule has 0 atom stereocenters. The molecule has 0 aromatic heterocycles. The normalized spacial score (nSPS) is 14.3. The van der Waals surface area contributed by atoms with Crippen LogP contribution < -0.4 is 0 Å². The molecule has 4 aromatic rings. The van der Waals surface area contributed by atoms with Crippen LogP contribution in [0.2, 0.25) is 0 Å². The van der Waals surface area contributed by atoms with Crippen molar-refractivity contribution >= 4 is 49.6 Å². The van der Waals surface area contributed by atoms with Crippen LogP contribution in [0.15, 0.2) is 91.0 Å². The van der Waals surface area contributed by atoms with Crippen molar-refractivity contribution < 1.29 is 23.9 Å². The van der Waals surface area contributed by atoms with Gasteiger partial charge in [0.05, 0.1) is 0 Å². The molecule has 210 valence electrons. The summed E-state index contributed by atoms with van der Waals surface area (Å²) in [7, 11) is 0. The molecule has 4 aromatic carbocycles. The number of benzene rings is 3. The van der Waals surface area contributed by atoms with Crippen molar-refractivity contribution in [1.82, 2.24) is 0 Å². The number of hydrogen-bond acceptors (Lipinski definition) is 0. The van der Waals surface area contributed by atoms with Gasteiger partial charge in [0.15, 0.2) is 0 Å². The first kappa shape index (κ1) is 34.5. The van der Waals surface area contributed by atoms with Crippen molar-refractivity contribution in [2.24, 2.45) is 5.92 Å². The van der Waals surface area contributed by atoms with Crippen molar-refractivity contribution in [3.8, 4) is 0 Å². The third-order valence-electron chi connectivity index (χ3n) is 7.62. The topological polar surface area (TPSA) is 0 Å². The quantitative estimate of drug-likeness (QED) is 0.142. The summed E-state index contributed by atoms with van der Waals surface area (Å²) in [6.07, 6.45) is 14.3. The summed E-state index contributed by atoms with van der Waals surface area (Å²) in [4.78, 5) is 0. The zero-order valence-electron chi connectivity index (χ0n) is 24.9. The fourth-order valence-electron chi connectivity index (χ4n) is 4.85. The molecule has 0 aliphatic heterocycles. The average Bonchev–Trinajstić information content (AvgIpc) is 3.54. The SMILES string of the molecule is CC(C)(C)c1ccc2c(c1)[cH-]c1cc(C(C)(C)C)ccc12.Cl.Cl.[C-]1=CC=CC1.[Hf+2]=[C](c1ccccc1)C1CCC1. The van der Waals surface area contributed by atoms with Crippen molar-refractivity contribution in [3.05, 3.63) is 114 Å². The Kier molecular flexibility index (Phi) is 12.9. The summed E-state index contributed by atoms with van der Waals surface area (Å²) in [5, 5.41) is 5.48. The van der Waals surface area contributed by atoms with E-state index in [2.05, 4.69) is 126 Å². The number of allylic oxidation sites excluding steroid dienone is 4. The van der Waals surface area contributed by atoms with E-state index >= 15 is 0 Å². The molecule has 0 spiro atoms. The maximum atomic E-state index is 2.99. The van der Waals surface area contributed by atoms with Gasteiger partial charge in [-0.3, -0.25) is 6.08 Å². The van der Waals surface area contributed by atoms with E-state index in [1.807, 2.05) is 12.2 Å². The molecule has 0 heterocycles. The summed E-state index contributed by atoms with van der Waals surface area (Å²) in [6.45, 7) is 13.6. The van der Waals surface area contributed by atoms with E-state index in [0.29, 0.717) is 0 Å². The molecule has 3 heteroatoms. The van der Waals surface area contributed by atoms with Gasteiger partial charge in [-0.15, -0.1) is 71.0 Å². The molecule has 2 aliphatic rings. The maximum absolute atomic E-state index is 2.99. The van der Waals surface area contributed by atoms with Gasteiger partial charge in [-0.05, 0) is 10.8 Å². The van der Waals surface area contributed by atoms with Gasteiger partial charge in [-0.2, -0.15) is 6.08 Å². The third-order valence-corrected chi connectivity index (χ3v) is 10.1. The summed E-state index contributed by atoms with van der Waals surface area (Å²) in [6, 6.07) is 27.1. The Labute approximate surface area is 269 Å². The molecular formula is C37H44Cl2Hf. The van der Waals surface area contributed by atoms with E-state index in [1.54, 1.807) is 3.26 Å². The van der Waals surface area contributed by atoms with Crippen LogP contribution in [0.3, 0.4) is 0 Å². The molecule has 1 fully saturated rings. The van der Waals surface area contributed by atoms with Gasteiger partial charge in [-0.1, -0.05) is 76.9 Å². The Morgan fingerprint density at radius 3 is 1.65 bits per heavy atom. The van der Waals surface area contributed by atoms with Gasteiger partial charge in [0.1, 0.15) is 0 Å². The molecule has 0 unspecified atom stereocenters. The second-order valence-corrected chi connectivity index (χ2v) is 14.6. The van der Waals surface area contributed by atoms with Crippen LogP contribution >= 0.6 is 24.8 Å². The van der Waals surface area contributed by atoms with E-state index in [-0.39, 0.29) is 35.6 Å². The van der Waals surface area contributed by atoms with Crippen LogP contribution in [0, 0.1) is 12.0 Å². The Morgan fingerprint density at radius 2 is 1.30 bits per heavy atom.